The number of aromatic nitrogens is 2. The Balaban J connectivity index is 1.60. The van der Waals surface area contributed by atoms with Gasteiger partial charge < -0.3 is 0 Å². The third-order valence-corrected chi connectivity index (χ3v) is 12.5. The molecule has 0 bridgehead atoms. The summed E-state index contributed by atoms with van der Waals surface area (Å²) < 4.78 is 2.41. The normalized spacial score (nSPS) is 17.6. The van der Waals surface area contributed by atoms with E-state index in [2.05, 4.69) is 60.1 Å². The summed E-state index contributed by atoms with van der Waals surface area (Å²) >= 11 is 0. The highest BCUT2D eigenvalue weighted by atomic mass is 28.3. The third kappa shape index (κ3) is 2.93. The van der Waals surface area contributed by atoms with Gasteiger partial charge in [-0.3, -0.25) is 4.98 Å². The molecule has 3 heteroatoms. The summed E-state index contributed by atoms with van der Waals surface area (Å²) in [6, 6.07) is 18.0. The highest BCUT2D eigenvalue weighted by Gasteiger charge is 2.43. The van der Waals surface area contributed by atoms with Crippen LogP contribution in [0.3, 0.4) is 0 Å². The maximum Gasteiger partial charge on any atom is 0.212 e. The van der Waals surface area contributed by atoms with E-state index in [9.17, 15) is 0 Å². The maximum atomic E-state index is 4.30. The van der Waals surface area contributed by atoms with Crippen LogP contribution in [-0.4, -0.2) is 13.1 Å². The molecule has 4 heterocycles. The number of nitrogens with zero attached hydrogens (tertiary/aromatic N) is 2. The van der Waals surface area contributed by atoms with E-state index in [1.54, 1.807) is 10.8 Å². The fourth-order valence-corrected chi connectivity index (χ4v) is 11.0. The number of hydrogen-bond acceptors (Lipinski definition) is 1. The third-order valence-electron chi connectivity index (χ3n) is 7.12. The number of rotatable bonds is 2. The number of hydrogen-bond donors (Lipinski definition) is 0. The number of aryl methyl sites for hydroxylation is 3. The van der Waals surface area contributed by atoms with Gasteiger partial charge in [-0.1, -0.05) is 49.5 Å². The van der Waals surface area contributed by atoms with Gasteiger partial charge in [0.25, 0.3) is 0 Å². The second kappa shape index (κ2) is 6.96. The lowest BCUT2D eigenvalue weighted by atomic mass is 9.97. The molecule has 0 unspecified atom stereocenters. The molecule has 142 valence electrons. The van der Waals surface area contributed by atoms with Crippen LogP contribution in [0.1, 0.15) is 30.4 Å². The fraction of sp³-hybridized carbons (Fsp3) is 0.360. The van der Waals surface area contributed by atoms with E-state index >= 15 is 0 Å². The minimum atomic E-state index is -1.20. The Hall–Kier alpha value is -2.26. The molecule has 2 aliphatic heterocycles. The van der Waals surface area contributed by atoms with E-state index in [4.69, 9.17) is 0 Å². The van der Waals surface area contributed by atoms with Gasteiger partial charge in [-0.2, -0.15) is 0 Å². The van der Waals surface area contributed by atoms with Crippen LogP contribution in [0.4, 0.5) is 0 Å². The Bertz CT molecular complexity index is 1020. The fourth-order valence-electron chi connectivity index (χ4n) is 5.51. The van der Waals surface area contributed by atoms with Gasteiger partial charge in [-0.05, 0) is 48.2 Å². The van der Waals surface area contributed by atoms with Gasteiger partial charge >= 0.3 is 0 Å². The summed E-state index contributed by atoms with van der Waals surface area (Å²) in [6.45, 7) is 2.23. The van der Waals surface area contributed by atoms with Crippen molar-refractivity contribution in [1.29, 1.82) is 0 Å². The van der Waals surface area contributed by atoms with Crippen LogP contribution in [0.25, 0.3) is 22.4 Å². The highest BCUT2D eigenvalue weighted by Crippen LogP contribution is 2.38. The standard InChI is InChI=1S/C25H29N2Si/c1-19-8-9-20(22-7-6-11-26-17-22)15-23(19)24-16-21-10-14-28(12-4-3-5-13-28)25(21)18-27(24)2/h6-9,11,15-18H,3-5,10,12-14H2,1-2H3/q+1. The SMILES string of the molecule is Cc1ccc(-c2cccnc2)cc1-c1cc2c(c[n+]1C)[Si]1(CCCCC1)CC2. The molecule has 0 saturated carbocycles. The summed E-state index contributed by atoms with van der Waals surface area (Å²) in [4.78, 5) is 4.30. The lowest BCUT2D eigenvalue weighted by Gasteiger charge is -2.31. The van der Waals surface area contributed by atoms with E-state index in [1.165, 1.54) is 71.8 Å². The molecule has 3 aromatic rings. The van der Waals surface area contributed by atoms with Gasteiger partial charge in [-0.15, -0.1) is 0 Å². The molecule has 2 aromatic heterocycles. The van der Waals surface area contributed by atoms with Crippen molar-refractivity contribution in [2.24, 2.45) is 7.05 Å². The highest BCUT2D eigenvalue weighted by molar-refractivity contribution is 6.93. The molecule has 1 spiro atoms. The monoisotopic (exact) mass is 385 g/mol. The molecular weight excluding hydrogens is 356 g/mol. The molecule has 0 aliphatic carbocycles. The van der Waals surface area contributed by atoms with Gasteiger partial charge in [0.1, 0.15) is 7.05 Å². The zero-order valence-corrected chi connectivity index (χ0v) is 18.0. The smallest absolute Gasteiger partial charge is 0.212 e. The second-order valence-corrected chi connectivity index (χ2v) is 13.4. The minimum absolute atomic E-state index is 1.18. The summed E-state index contributed by atoms with van der Waals surface area (Å²) in [7, 11) is 1.04. The predicted molar refractivity (Wildman–Crippen MR) is 118 cm³/mol. The maximum absolute atomic E-state index is 4.30. The topological polar surface area (TPSA) is 16.8 Å². The van der Waals surface area contributed by atoms with Crippen molar-refractivity contribution in [3.63, 3.8) is 0 Å². The Morgan fingerprint density at radius 2 is 1.82 bits per heavy atom. The zero-order chi connectivity index (χ0) is 19.1. The van der Waals surface area contributed by atoms with E-state index in [0.717, 1.165) is 0 Å². The van der Waals surface area contributed by atoms with Crippen molar-refractivity contribution >= 4 is 13.3 Å². The Morgan fingerprint density at radius 1 is 0.964 bits per heavy atom. The van der Waals surface area contributed by atoms with Gasteiger partial charge in [0.05, 0.1) is 8.07 Å². The van der Waals surface area contributed by atoms with Crippen molar-refractivity contribution in [3.8, 4) is 22.4 Å². The summed E-state index contributed by atoms with van der Waals surface area (Å²) in [5.74, 6) is 0. The number of pyridine rings is 2. The van der Waals surface area contributed by atoms with Gasteiger partial charge in [-0.25, -0.2) is 4.57 Å². The van der Waals surface area contributed by atoms with Gasteiger partial charge in [0.2, 0.25) is 5.69 Å². The van der Waals surface area contributed by atoms with Gasteiger partial charge in [0.15, 0.2) is 6.20 Å². The molecule has 0 radical (unpaired) electrons. The predicted octanol–water partition coefficient (Wildman–Crippen LogP) is 4.94. The van der Waals surface area contributed by atoms with E-state index in [-0.39, 0.29) is 0 Å². The first-order chi connectivity index (χ1) is 13.7. The average molecular weight is 386 g/mol. The lowest BCUT2D eigenvalue weighted by Crippen LogP contribution is -2.50. The zero-order valence-electron chi connectivity index (χ0n) is 17.0. The average Bonchev–Trinajstić information content (AvgIpc) is 3.06. The molecule has 0 atom stereocenters. The number of fused-ring (bicyclic) bond motifs is 2. The molecule has 1 aromatic carbocycles. The van der Waals surface area contributed by atoms with Crippen LogP contribution < -0.4 is 9.75 Å². The van der Waals surface area contributed by atoms with Crippen LogP contribution in [0.15, 0.2) is 55.0 Å². The summed E-state index contributed by atoms with van der Waals surface area (Å²) in [5.41, 5.74) is 8.11. The van der Waals surface area contributed by atoms with Crippen molar-refractivity contribution in [2.45, 2.75) is 50.7 Å². The molecule has 0 N–H and O–H groups in total. The minimum Gasteiger partial charge on any atom is -0.264 e. The Labute approximate surface area is 169 Å². The largest absolute Gasteiger partial charge is 0.264 e. The molecule has 2 aliphatic rings. The molecule has 2 nitrogen and oxygen atoms in total. The molecule has 1 saturated heterocycles. The van der Waals surface area contributed by atoms with Crippen molar-refractivity contribution < 1.29 is 4.57 Å². The molecular formula is C25H29N2Si+. The Morgan fingerprint density at radius 3 is 2.61 bits per heavy atom. The van der Waals surface area contributed by atoms with Crippen molar-refractivity contribution in [2.75, 3.05) is 0 Å². The number of benzene rings is 1. The second-order valence-electron chi connectivity index (χ2n) is 8.82. The molecule has 1 fully saturated rings. The van der Waals surface area contributed by atoms with Gasteiger partial charge in [0, 0.05) is 34.8 Å². The van der Waals surface area contributed by atoms with Crippen molar-refractivity contribution in [1.82, 2.24) is 4.98 Å². The first-order valence-electron chi connectivity index (χ1n) is 10.7. The summed E-state index contributed by atoms with van der Waals surface area (Å²) in [6.07, 6.45) is 12.0. The van der Waals surface area contributed by atoms with Crippen LogP contribution in [0.2, 0.25) is 18.1 Å². The first-order valence-corrected chi connectivity index (χ1v) is 13.3. The van der Waals surface area contributed by atoms with Crippen LogP contribution >= 0.6 is 0 Å². The lowest BCUT2D eigenvalue weighted by molar-refractivity contribution is -0.659. The van der Waals surface area contributed by atoms with E-state index in [1.807, 2.05) is 18.5 Å². The van der Waals surface area contributed by atoms with E-state index in [0.29, 0.717) is 0 Å². The molecule has 0 amide bonds. The summed E-state index contributed by atoms with van der Waals surface area (Å²) in [5, 5.41) is 1.78. The van der Waals surface area contributed by atoms with E-state index < -0.39 is 8.07 Å². The van der Waals surface area contributed by atoms with Crippen LogP contribution in [0, 0.1) is 6.92 Å². The molecule has 28 heavy (non-hydrogen) atoms. The quantitative estimate of drug-likeness (QED) is 0.451. The molecule has 5 rings (SSSR count). The van der Waals surface area contributed by atoms with Crippen LogP contribution in [-0.2, 0) is 13.5 Å². The Kier molecular flexibility index (Phi) is 4.43. The van der Waals surface area contributed by atoms with Crippen molar-refractivity contribution in [3.05, 3.63) is 66.1 Å². The van der Waals surface area contributed by atoms with Crippen LogP contribution in [0.5, 0.6) is 0 Å². The first kappa shape index (κ1) is 17.8.